The maximum atomic E-state index is 5.31. The third-order valence-corrected chi connectivity index (χ3v) is 2.20. The molecule has 1 heterocycles. The predicted octanol–water partition coefficient (Wildman–Crippen LogP) is 2.87. The molecule has 1 aromatic carbocycles. The Bertz CT molecular complexity index is 355. The Labute approximate surface area is 90.4 Å². The molecule has 1 aliphatic rings. The first-order valence-corrected chi connectivity index (χ1v) is 5.18. The predicted molar refractivity (Wildman–Crippen MR) is 60.5 cm³/mol. The zero-order valence-electron chi connectivity index (χ0n) is 9.46. The maximum Gasteiger partial charge on any atom is 0.231 e. The molecular weight excluding hydrogens is 190 g/mol. The fourth-order valence-corrected chi connectivity index (χ4v) is 1.37. The first-order valence-electron chi connectivity index (χ1n) is 5.18. The highest BCUT2D eigenvalue weighted by Crippen LogP contribution is 2.34. The van der Waals surface area contributed by atoms with Gasteiger partial charge in [-0.15, -0.1) is 0 Å². The summed E-state index contributed by atoms with van der Waals surface area (Å²) in [5.41, 5.74) is 1.35. The van der Waals surface area contributed by atoms with Gasteiger partial charge in [-0.1, -0.05) is 20.8 Å². The first kappa shape index (κ1) is 10.1. The molecule has 0 saturated heterocycles. The first-order chi connectivity index (χ1) is 7.04. The summed E-state index contributed by atoms with van der Waals surface area (Å²) in [4.78, 5) is 0. The molecule has 2 rings (SSSR count). The molecule has 0 saturated carbocycles. The van der Waals surface area contributed by atoms with E-state index in [1.54, 1.807) is 0 Å². The van der Waals surface area contributed by atoms with E-state index in [9.17, 15) is 0 Å². The van der Waals surface area contributed by atoms with Crippen LogP contribution in [0.15, 0.2) is 18.2 Å². The number of hydrogen-bond donors (Lipinski definition) is 1. The van der Waals surface area contributed by atoms with Crippen molar-refractivity contribution in [3.8, 4) is 11.5 Å². The van der Waals surface area contributed by atoms with Gasteiger partial charge in [0.1, 0.15) is 0 Å². The van der Waals surface area contributed by atoms with Crippen LogP contribution < -0.4 is 14.8 Å². The minimum Gasteiger partial charge on any atom is -0.454 e. The lowest BCUT2D eigenvalue weighted by Gasteiger charge is -2.19. The van der Waals surface area contributed by atoms with Crippen molar-refractivity contribution in [2.24, 2.45) is 5.41 Å². The van der Waals surface area contributed by atoms with Crippen molar-refractivity contribution in [2.45, 2.75) is 20.8 Å². The summed E-state index contributed by atoms with van der Waals surface area (Å²) in [5, 5.41) is 3.38. The third kappa shape index (κ3) is 2.55. The van der Waals surface area contributed by atoms with Crippen LogP contribution in [-0.4, -0.2) is 13.3 Å². The Kier molecular flexibility index (Phi) is 2.47. The van der Waals surface area contributed by atoms with Crippen molar-refractivity contribution in [2.75, 3.05) is 18.7 Å². The molecule has 0 aliphatic carbocycles. The molecule has 82 valence electrons. The Balaban J connectivity index is 2.04. The minimum atomic E-state index is 0.274. The topological polar surface area (TPSA) is 30.5 Å². The van der Waals surface area contributed by atoms with Crippen LogP contribution in [0.25, 0.3) is 0 Å². The highest BCUT2D eigenvalue weighted by atomic mass is 16.7. The summed E-state index contributed by atoms with van der Waals surface area (Å²) < 4.78 is 10.6. The molecule has 3 nitrogen and oxygen atoms in total. The van der Waals surface area contributed by atoms with Crippen molar-refractivity contribution in [1.82, 2.24) is 0 Å². The summed E-state index contributed by atoms with van der Waals surface area (Å²) in [7, 11) is 0. The summed E-state index contributed by atoms with van der Waals surface area (Å²) in [6.07, 6.45) is 0. The van der Waals surface area contributed by atoms with Crippen molar-refractivity contribution >= 4 is 5.69 Å². The molecule has 0 amide bonds. The molecule has 3 heteroatoms. The zero-order chi connectivity index (χ0) is 10.9. The van der Waals surface area contributed by atoms with Gasteiger partial charge in [0.05, 0.1) is 0 Å². The van der Waals surface area contributed by atoms with Gasteiger partial charge in [-0.05, 0) is 17.5 Å². The van der Waals surface area contributed by atoms with Crippen LogP contribution in [0, 0.1) is 5.41 Å². The zero-order valence-corrected chi connectivity index (χ0v) is 9.46. The Hall–Kier alpha value is -1.38. The van der Waals surface area contributed by atoms with Crippen LogP contribution in [0.5, 0.6) is 11.5 Å². The number of anilines is 1. The highest BCUT2D eigenvalue weighted by Gasteiger charge is 2.14. The molecule has 0 aromatic heterocycles. The van der Waals surface area contributed by atoms with E-state index in [2.05, 4.69) is 26.1 Å². The van der Waals surface area contributed by atoms with Crippen molar-refractivity contribution in [3.63, 3.8) is 0 Å². The van der Waals surface area contributed by atoms with Crippen LogP contribution in [0.2, 0.25) is 0 Å². The lowest BCUT2D eigenvalue weighted by atomic mass is 9.97. The Morgan fingerprint density at radius 1 is 1.20 bits per heavy atom. The Morgan fingerprint density at radius 3 is 2.67 bits per heavy atom. The van der Waals surface area contributed by atoms with Crippen LogP contribution in [0.3, 0.4) is 0 Å². The molecule has 0 atom stereocenters. The summed E-state index contributed by atoms with van der Waals surface area (Å²) in [5.74, 6) is 1.66. The van der Waals surface area contributed by atoms with E-state index in [1.807, 2.05) is 18.2 Å². The molecule has 0 spiro atoms. The Morgan fingerprint density at radius 2 is 1.93 bits per heavy atom. The number of ether oxygens (including phenoxy) is 2. The van der Waals surface area contributed by atoms with Crippen LogP contribution >= 0.6 is 0 Å². The second-order valence-corrected chi connectivity index (χ2v) is 4.98. The molecule has 1 aliphatic heterocycles. The van der Waals surface area contributed by atoms with Crippen LogP contribution in [0.4, 0.5) is 5.69 Å². The standard InChI is InChI=1S/C12H17NO2/c1-12(2,3)7-13-9-4-5-10-11(6-9)15-8-14-10/h4-6,13H,7-8H2,1-3H3. The number of rotatable bonds is 2. The van der Waals surface area contributed by atoms with Crippen LogP contribution in [0.1, 0.15) is 20.8 Å². The fraction of sp³-hybridized carbons (Fsp3) is 0.500. The van der Waals surface area contributed by atoms with Gasteiger partial charge in [-0.3, -0.25) is 0 Å². The molecule has 15 heavy (non-hydrogen) atoms. The number of benzene rings is 1. The number of hydrogen-bond acceptors (Lipinski definition) is 3. The average molecular weight is 207 g/mol. The second kappa shape index (κ2) is 3.65. The van der Waals surface area contributed by atoms with Gasteiger partial charge in [0.15, 0.2) is 11.5 Å². The lowest BCUT2D eigenvalue weighted by Crippen LogP contribution is -2.18. The lowest BCUT2D eigenvalue weighted by molar-refractivity contribution is 0.174. The highest BCUT2D eigenvalue weighted by molar-refractivity contribution is 5.55. The van der Waals surface area contributed by atoms with Gasteiger partial charge >= 0.3 is 0 Å². The fourth-order valence-electron chi connectivity index (χ4n) is 1.37. The van der Waals surface area contributed by atoms with E-state index < -0.39 is 0 Å². The maximum absolute atomic E-state index is 5.31. The van der Waals surface area contributed by atoms with E-state index in [-0.39, 0.29) is 5.41 Å². The number of fused-ring (bicyclic) bond motifs is 1. The molecule has 1 N–H and O–H groups in total. The van der Waals surface area contributed by atoms with E-state index in [4.69, 9.17) is 9.47 Å². The normalized spacial score (nSPS) is 14.1. The average Bonchev–Trinajstić information content (AvgIpc) is 2.60. The minimum absolute atomic E-state index is 0.274. The van der Waals surface area contributed by atoms with Gasteiger partial charge in [-0.2, -0.15) is 0 Å². The molecule has 0 unspecified atom stereocenters. The van der Waals surface area contributed by atoms with Gasteiger partial charge < -0.3 is 14.8 Å². The quantitative estimate of drug-likeness (QED) is 0.808. The van der Waals surface area contributed by atoms with Gasteiger partial charge in [-0.25, -0.2) is 0 Å². The van der Waals surface area contributed by atoms with Crippen molar-refractivity contribution in [3.05, 3.63) is 18.2 Å². The molecule has 0 fully saturated rings. The van der Waals surface area contributed by atoms with E-state index in [0.717, 1.165) is 23.7 Å². The summed E-state index contributed by atoms with van der Waals surface area (Å²) in [6.45, 7) is 7.87. The number of nitrogens with one attached hydrogen (secondary N) is 1. The van der Waals surface area contributed by atoms with Crippen LogP contribution in [-0.2, 0) is 0 Å². The summed E-state index contributed by atoms with van der Waals surface area (Å²) in [6, 6.07) is 5.93. The monoisotopic (exact) mass is 207 g/mol. The SMILES string of the molecule is CC(C)(C)CNc1ccc2c(c1)OCO2. The van der Waals surface area contributed by atoms with Gasteiger partial charge in [0.2, 0.25) is 6.79 Å². The molecule has 0 radical (unpaired) electrons. The molecular formula is C12H17NO2. The third-order valence-electron chi connectivity index (χ3n) is 2.20. The summed E-state index contributed by atoms with van der Waals surface area (Å²) >= 11 is 0. The second-order valence-electron chi connectivity index (χ2n) is 4.98. The van der Waals surface area contributed by atoms with Gasteiger partial charge in [0, 0.05) is 18.3 Å². The smallest absolute Gasteiger partial charge is 0.231 e. The van der Waals surface area contributed by atoms with Gasteiger partial charge in [0.25, 0.3) is 0 Å². The largest absolute Gasteiger partial charge is 0.454 e. The van der Waals surface area contributed by atoms with E-state index in [0.29, 0.717) is 6.79 Å². The van der Waals surface area contributed by atoms with E-state index in [1.165, 1.54) is 0 Å². The molecule has 0 bridgehead atoms. The van der Waals surface area contributed by atoms with E-state index >= 15 is 0 Å². The van der Waals surface area contributed by atoms with Crippen molar-refractivity contribution in [1.29, 1.82) is 0 Å². The van der Waals surface area contributed by atoms with Crippen molar-refractivity contribution < 1.29 is 9.47 Å². The molecule has 1 aromatic rings.